The van der Waals surface area contributed by atoms with Gasteiger partial charge >= 0.3 is 6.03 Å². The molecule has 2 N–H and O–H groups in total. The van der Waals surface area contributed by atoms with Crippen LogP contribution in [-0.2, 0) is 6.42 Å². The molecule has 1 aliphatic heterocycles. The molecule has 0 saturated heterocycles. The van der Waals surface area contributed by atoms with Gasteiger partial charge in [-0.15, -0.1) is 0 Å². The first kappa shape index (κ1) is 8.74. The number of carbonyl (C=O) groups is 1. The number of rotatable bonds is 0. The molecule has 1 heterocycles. The molecule has 1 aromatic carbocycles. The van der Waals surface area contributed by atoms with Gasteiger partial charge in [0.25, 0.3) is 0 Å². The van der Waals surface area contributed by atoms with E-state index in [4.69, 9.17) is 5.73 Å². The molecule has 72 valence electrons. The molecule has 1 aliphatic rings. The number of urea groups is 1. The average Bonchev–Trinajstić information content (AvgIpc) is 2.39. The lowest BCUT2D eigenvalue weighted by Gasteiger charge is -2.10. The highest BCUT2D eigenvalue weighted by molar-refractivity contribution is 5.83. The summed E-state index contributed by atoms with van der Waals surface area (Å²) in [6, 6.07) is 7.43. The van der Waals surface area contributed by atoms with E-state index in [0.717, 1.165) is 12.0 Å². The van der Waals surface area contributed by atoms with Crippen LogP contribution in [0, 0.1) is 0 Å². The molecule has 14 heavy (non-hydrogen) atoms. The Kier molecular flexibility index (Phi) is 2.18. The number of nitrogens with zero attached hydrogens (tertiary/aromatic N) is 2. The van der Waals surface area contributed by atoms with Crippen LogP contribution in [0.15, 0.2) is 29.4 Å². The Morgan fingerprint density at radius 3 is 3.00 bits per heavy atom. The van der Waals surface area contributed by atoms with Gasteiger partial charge in [-0.25, -0.2) is 9.80 Å². The SMILES string of the molecule is NC(=O)N1CCc2ccccc2C=N1. The van der Waals surface area contributed by atoms with Crippen LogP contribution in [0.25, 0.3) is 0 Å². The Labute approximate surface area is 82.0 Å². The van der Waals surface area contributed by atoms with Crippen LogP contribution >= 0.6 is 0 Å². The van der Waals surface area contributed by atoms with E-state index in [9.17, 15) is 4.79 Å². The second kappa shape index (κ2) is 3.49. The molecule has 0 atom stereocenters. The second-order valence-corrected chi connectivity index (χ2v) is 3.15. The molecule has 2 amide bonds. The van der Waals surface area contributed by atoms with Gasteiger partial charge in [0.05, 0.1) is 12.8 Å². The predicted molar refractivity (Wildman–Crippen MR) is 54.0 cm³/mol. The number of benzene rings is 1. The minimum Gasteiger partial charge on any atom is -0.350 e. The van der Waals surface area contributed by atoms with Gasteiger partial charge in [-0.3, -0.25) is 0 Å². The van der Waals surface area contributed by atoms with E-state index in [0.29, 0.717) is 6.54 Å². The fourth-order valence-corrected chi connectivity index (χ4v) is 1.47. The van der Waals surface area contributed by atoms with Crippen molar-refractivity contribution >= 4 is 12.2 Å². The summed E-state index contributed by atoms with van der Waals surface area (Å²) in [5.41, 5.74) is 7.39. The summed E-state index contributed by atoms with van der Waals surface area (Å²) in [4.78, 5) is 10.9. The van der Waals surface area contributed by atoms with Crippen LogP contribution in [-0.4, -0.2) is 23.8 Å². The zero-order valence-electron chi connectivity index (χ0n) is 7.68. The van der Waals surface area contributed by atoms with E-state index >= 15 is 0 Å². The molecule has 0 bridgehead atoms. The minimum atomic E-state index is -0.506. The number of fused-ring (bicyclic) bond motifs is 1. The summed E-state index contributed by atoms with van der Waals surface area (Å²) >= 11 is 0. The minimum absolute atomic E-state index is 0.506. The third-order valence-electron chi connectivity index (χ3n) is 2.24. The first-order valence-corrected chi connectivity index (χ1v) is 4.46. The number of nitrogens with two attached hydrogens (primary N) is 1. The fourth-order valence-electron chi connectivity index (χ4n) is 1.47. The Balaban J connectivity index is 2.29. The van der Waals surface area contributed by atoms with E-state index in [1.54, 1.807) is 6.21 Å². The molecule has 1 aromatic rings. The van der Waals surface area contributed by atoms with E-state index in [1.165, 1.54) is 10.6 Å². The number of hydrogen-bond donors (Lipinski definition) is 1. The lowest BCUT2D eigenvalue weighted by molar-refractivity contribution is 0.211. The number of hydrazone groups is 1. The van der Waals surface area contributed by atoms with Crippen molar-refractivity contribution in [1.82, 2.24) is 5.01 Å². The van der Waals surface area contributed by atoms with Crippen molar-refractivity contribution in [2.45, 2.75) is 6.42 Å². The molecule has 0 unspecified atom stereocenters. The molecular weight excluding hydrogens is 178 g/mol. The maximum absolute atomic E-state index is 10.9. The van der Waals surface area contributed by atoms with Gasteiger partial charge in [0.15, 0.2) is 0 Å². The molecule has 0 aliphatic carbocycles. The summed E-state index contributed by atoms with van der Waals surface area (Å²) in [6.45, 7) is 0.544. The molecular formula is C10H11N3O. The maximum atomic E-state index is 10.9. The second-order valence-electron chi connectivity index (χ2n) is 3.15. The summed E-state index contributed by atoms with van der Waals surface area (Å²) < 4.78 is 0. The number of amides is 2. The summed E-state index contributed by atoms with van der Waals surface area (Å²) in [6.07, 6.45) is 2.46. The zero-order valence-corrected chi connectivity index (χ0v) is 7.68. The van der Waals surface area contributed by atoms with Crippen molar-refractivity contribution < 1.29 is 4.79 Å². The maximum Gasteiger partial charge on any atom is 0.335 e. The van der Waals surface area contributed by atoms with Gasteiger partial charge < -0.3 is 5.73 Å². The molecule has 4 heteroatoms. The van der Waals surface area contributed by atoms with Gasteiger partial charge in [0.2, 0.25) is 0 Å². The molecule has 0 radical (unpaired) electrons. The number of hydrogen-bond acceptors (Lipinski definition) is 2. The largest absolute Gasteiger partial charge is 0.350 e. The predicted octanol–water partition coefficient (Wildman–Crippen LogP) is 0.957. The van der Waals surface area contributed by atoms with Crippen LogP contribution in [0.3, 0.4) is 0 Å². The van der Waals surface area contributed by atoms with E-state index in [-0.39, 0.29) is 0 Å². The van der Waals surface area contributed by atoms with E-state index in [2.05, 4.69) is 5.10 Å². The highest BCUT2D eigenvalue weighted by Gasteiger charge is 2.12. The van der Waals surface area contributed by atoms with Crippen LogP contribution in [0.1, 0.15) is 11.1 Å². The fraction of sp³-hybridized carbons (Fsp3) is 0.200. The standard InChI is InChI=1S/C10H11N3O/c11-10(14)13-6-5-8-3-1-2-4-9(8)7-12-13/h1-4,7H,5-6H2,(H2,11,14). The van der Waals surface area contributed by atoms with Gasteiger partial charge in [0, 0.05) is 0 Å². The van der Waals surface area contributed by atoms with Crippen molar-refractivity contribution in [3.05, 3.63) is 35.4 Å². The number of carbonyl (C=O) groups excluding carboxylic acids is 1. The Bertz CT molecular complexity index is 387. The molecule has 4 nitrogen and oxygen atoms in total. The Hall–Kier alpha value is -1.84. The Morgan fingerprint density at radius 2 is 2.21 bits per heavy atom. The smallest absolute Gasteiger partial charge is 0.335 e. The first-order chi connectivity index (χ1) is 6.77. The summed E-state index contributed by atoms with van der Waals surface area (Å²) in [5, 5.41) is 5.28. The number of primary amides is 1. The van der Waals surface area contributed by atoms with Crippen molar-refractivity contribution in [2.24, 2.45) is 10.8 Å². The Morgan fingerprint density at radius 1 is 1.43 bits per heavy atom. The molecule has 0 aromatic heterocycles. The van der Waals surface area contributed by atoms with Gasteiger partial charge in [0.1, 0.15) is 0 Å². The topological polar surface area (TPSA) is 58.7 Å². The lowest BCUT2D eigenvalue weighted by Crippen LogP contribution is -2.32. The quantitative estimate of drug-likeness (QED) is 0.649. The normalized spacial score (nSPS) is 14.7. The first-order valence-electron chi connectivity index (χ1n) is 4.46. The highest BCUT2D eigenvalue weighted by atomic mass is 16.2. The van der Waals surface area contributed by atoms with Crippen LogP contribution in [0.2, 0.25) is 0 Å². The van der Waals surface area contributed by atoms with Crippen LogP contribution in [0.5, 0.6) is 0 Å². The molecule has 0 saturated carbocycles. The zero-order chi connectivity index (χ0) is 9.97. The van der Waals surface area contributed by atoms with Crippen molar-refractivity contribution in [1.29, 1.82) is 0 Å². The van der Waals surface area contributed by atoms with Gasteiger partial charge in [-0.1, -0.05) is 24.3 Å². The van der Waals surface area contributed by atoms with Crippen molar-refractivity contribution in [3.63, 3.8) is 0 Å². The monoisotopic (exact) mass is 189 g/mol. The molecule has 2 rings (SSSR count). The lowest BCUT2D eigenvalue weighted by atomic mass is 10.1. The summed E-state index contributed by atoms with van der Waals surface area (Å²) in [5.74, 6) is 0. The third kappa shape index (κ3) is 1.59. The van der Waals surface area contributed by atoms with Crippen molar-refractivity contribution in [2.75, 3.05) is 6.54 Å². The summed E-state index contributed by atoms with van der Waals surface area (Å²) in [7, 11) is 0. The van der Waals surface area contributed by atoms with Gasteiger partial charge in [-0.2, -0.15) is 5.10 Å². The molecule has 0 spiro atoms. The van der Waals surface area contributed by atoms with Crippen LogP contribution in [0.4, 0.5) is 4.79 Å². The van der Waals surface area contributed by atoms with Gasteiger partial charge in [-0.05, 0) is 17.5 Å². The van der Waals surface area contributed by atoms with E-state index in [1.807, 2.05) is 24.3 Å². The highest BCUT2D eigenvalue weighted by Crippen LogP contribution is 2.11. The average molecular weight is 189 g/mol. The third-order valence-corrected chi connectivity index (χ3v) is 2.24. The van der Waals surface area contributed by atoms with Crippen molar-refractivity contribution in [3.8, 4) is 0 Å². The molecule has 0 fully saturated rings. The van der Waals surface area contributed by atoms with E-state index < -0.39 is 6.03 Å². The van der Waals surface area contributed by atoms with Crippen LogP contribution < -0.4 is 5.73 Å².